The summed E-state index contributed by atoms with van der Waals surface area (Å²) < 4.78 is 66.1. The maximum atomic E-state index is 14.6. The zero-order valence-corrected chi connectivity index (χ0v) is 16.6. The van der Waals surface area contributed by atoms with E-state index >= 15 is 0 Å². The van der Waals surface area contributed by atoms with E-state index in [4.69, 9.17) is 18.9 Å². The van der Waals surface area contributed by atoms with Gasteiger partial charge in [-0.15, -0.1) is 0 Å². The molecule has 2 atom stereocenters. The van der Waals surface area contributed by atoms with Crippen molar-refractivity contribution in [2.75, 3.05) is 14.2 Å². The summed E-state index contributed by atoms with van der Waals surface area (Å²) in [6.07, 6.45) is -6.43. The lowest BCUT2D eigenvalue weighted by Crippen LogP contribution is -2.54. The van der Waals surface area contributed by atoms with Crippen LogP contribution in [0.2, 0.25) is 0 Å². The Morgan fingerprint density at radius 1 is 0.931 bits per heavy atom. The van der Waals surface area contributed by atoms with Crippen molar-refractivity contribution in [1.29, 1.82) is 0 Å². The molecule has 2 aromatic carbocycles. The largest absolute Gasteiger partial charge is 0.492 e. The van der Waals surface area contributed by atoms with E-state index in [0.717, 1.165) is 7.11 Å². The average Bonchev–Trinajstić information content (AvgIpc) is 2.99. The van der Waals surface area contributed by atoms with Crippen LogP contribution < -0.4 is 0 Å². The molecule has 1 heterocycles. The van der Waals surface area contributed by atoms with Crippen molar-refractivity contribution < 1.29 is 32.1 Å². The van der Waals surface area contributed by atoms with Gasteiger partial charge in [0.2, 0.25) is 11.4 Å². The topological polar surface area (TPSA) is 36.9 Å². The van der Waals surface area contributed by atoms with Gasteiger partial charge in [-0.05, 0) is 5.56 Å². The Balaban J connectivity index is 2.29. The van der Waals surface area contributed by atoms with Crippen molar-refractivity contribution in [2.24, 2.45) is 0 Å². The number of halogens is 3. The molecule has 0 unspecified atom stereocenters. The average molecular weight is 408 g/mol. The summed E-state index contributed by atoms with van der Waals surface area (Å²) in [4.78, 5) is 0. The second-order valence-corrected chi connectivity index (χ2v) is 7.07. The van der Waals surface area contributed by atoms with Crippen molar-refractivity contribution in [1.82, 2.24) is 0 Å². The van der Waals surface area contributed by atoms with E-state index in [-0.39, 0.29) is 17.1 Å². The molecule has 0 aromatic heterocycles. The van der Waals surface area contributed by atoms with Gasteiger partial charge in [0.1, 0.15) is 0 Å². The maximum Gasteiger partial charge on any atom is 0.424 e. The minimum absolute atomic E-state index is 0.0771. The van der Waals surface area contributed by atoms with Gasteiger partial charge in [-0.1, -0.05) is 60.7 Å². The van der Waals surface area contributed by atoms with Crippen LogP contribution in [-0.2, 0) is 24.5 Å². The van der Waals surface area contributed by atoms with E-state index in [2.05, 4.69) is 0 Å². The minimum atomic E-state index is -4.81. The first-order valence-electron chi connectivity index (χ1n) is 9.04. The monoisotopic (exact) mass is 408 g/mol. The third-order valence-electron chi connectivity index (χ3n) is 4.77. The summed E-state index contributed by atoms with van der Waals surface area (Å²) in [7, 11) is 2.40. The Bertz CT molecular complexity index is 863. The number of hydrogen-bond donors (Lipinski definition) is 0. The predicted molar refractivity (Wildman–Crippen MR) is 102 cm³/mol. The first kappa shape index (κ1) is 21.2. The van der Waals surface area contributed by atoms with Crippen molar-refractivity contribution in [2.45, 2.75) is 37.5 Å². The van der Waals surface area contributed by atoms with Gasteiger partial charge in [-0.25, -0.2) is 0 Å². The highest BCUT2D eigenvalue weighted by atomic mass is 19.4. The van der Waals surface area contributed by atoms with E-state index in [1.54, 1.807) is 50.2 Å². The van der Waals surface area contributed by atoms with Gasteiger partial charge in [0, 0.05) is 26.5 Å². The van der Waals surface area contributed by atoms with Crippen LogP contribution in [0.3, 0.4) is 0 Å². The molecule has 0 spiro atoms. The molecular formula is C22H23F3O4. The van der Waals surface area contributed by atoms with Gasteiger partial charge < -0.3 is 18.9 Å². The van der Waals surface area contributed by atoms with Crippen molar-refractivity contribution in [3.05, 3.63) is 77.5 Å². The molecule has 29 heavy (non-hydrogen) atoms. The van der Waals surface area contributed by atoms with Crippen LogP contribution in [0.15, 0.2) is 66.4 Å². The van der Waals surface area contributed by atoms with Crippen LogP contribution in [0.1, 0.15) is 25.0 Å². The quantitative estimate of drug-likeness (QED) is 0.633. The van der Waals surface area contributed by atoms with Crippen LogP contribution in [0.25, 0.3) is 5.76 Å². The van der Waals surface area contributed by atoms with Crippen LogP contribution in [-0.4, -0.2) is 32.3 Å². The van der Waals surface area contributed by atoms with Gasteiger partial charge in [-0.3, -0.25) is 0 Å². The minimum Gasteiger partial charge on any atom is -0.492 e. The standard InChI is InChI=1S/C22H23F3O4/c1-20(2)28-18(17(26-3)15-11-7-5-8-12-15)19(29-20)21(27-4,22(23,24)25)16-13-9-6-10-14-16/h5-14,19H,1-4H3/b18-17+/t19-,21-/m1/s1. The molecule has 0 saturated carbocycles. The van der Waals surface area contributed by atoms with Crippen LogP contribution in [0.4, 0.5) is 13.2 Å². The fourth-order valence-corrected chi connectivity index (χ4v) is 3.55. The highest BCUT2D eigenvalue weighted by Gasteiger charge is 2.67. The molecule has 3 rings (SSSR count). The van der Waals surface area contributed by atoms with Crippen molar-refractivity contribution in [3.8, 4) is 0 Å². The molecular weight excluding hydrogens is 385 g/mol. The lowest BCUT2D eigenvalue weighted by Gasteiger charge is -2.38. The van der Waals surface area contributed by atoms with E-state index in [0.29, 0.717) is 5.56 Å². The SMILES string of the molecule is CO/C(=C1/OC(C)(C)O[C@H]1[C@](OC)(c1ccccc1)C(F)(F)F)c1ccccc1. The summed E-state index contributed by atoms with van der Waals surface area (Å²) in [6.45, 7) is 3.10. The third kappa shape index (κ3) is 3.72. The Morgan fingerprint density at radius 2 is 1.48 bits per heavy atom. The number of benzene rings is 2. The first-order valence-corrected chi connectivity index (χ1v) is 9.04. The van der Waals surface area contributed by atoms with Gasteiger partial charge in [-0.2, -0.15) is 13.2 Å². The lowest BCUT2D eigenvalue weighted by atomic mass is 9.85. The molecule has 2 aromatic rings. The van der Waals surface area contributed by atoms with E-state index in [1.807, 2.05) is 0 Å². The summed E-state index contributed by atoms with van der Waals surface area (Å²) in [6, 6.07) is 16.2. The number of methoxy groups -OCH3 is 2. The van der Waals surface area contributed by atoms with Gasteiger partial charge >= 0.3 is 6.18 Å². The van der Waals surface area contributed by atoms with Gasteiger partial charge in [0.05, 0.1) is 7.11 Å². The lowest BCUT2D eigenvalue weighted by molar-refractivity contribution is -0.311. The number of ether oxygens (including phenoxy) is 4. The Kier molecular flexibility index (Phi) is 5.65. The highest BCUT2D eigenvalue weighted by Crippen LogP contribution is 2.52. The molecule has 1 aliphatic heterocycles. The normalized spacial score (nSPS) is 22.5. The molecule has 0 aliphatic carbocycles. The first-order chi connectivity index (χ1) is 13.7. The fraction of sp³-hybridized carbons (Fsp3) is 0.364. The Labute approximate surface area is 167 Å². The summed E-state index contributed by atoms with van der Waals surface area (Å²) in [5.41, 5.74) is -2.32. The molecule has 156 valence electrons. The second-order valence-electron chi connectivity index (χ2n) is 7.07. The van der Waals surface area contributed by atoms with Crippen molar-refractivity contribution >= 4 is 5.76 Å². The molecule has 1 fully saturated rings. The highest BCUT2D eigenvalue weighted by molar-refractivity contribution is 5.63. The van der Waals surface area contributed by atoms with Gasteiger partial charge in [0.15, 0.2) is 17.6 Å². The number of hydrogen-bond acceptors (Lipinski definition) is 4. The zero-order chi connectivity index (χ0) is 21.3. The number of rotatable bonds is 5. The summed E-state index contributed by atoms with van der Waals surface area (Å²) in [5, 5.41) is 0. The summed E-state index contributed by atoms with van der Waals surface area (Å²) in [5.74, 6) is -1.24. The second kappa shape index (κ2) is 7.72. The van der Waals surface area contributed by atoms with Crippen LogP contribution in [0.5, 0.6) is 0 Å². The molecule has 0 bridgehead atoms. The summed E-state index contributed by atoms with van der Waals surface area (Å²) >= 11 is 0. The Hall–Kier alpha value is -2.51. The molecule has 1 saturated heterocycles. The van der Waals surface area contributed by atoms with E-state index in [1.165, 1.54) is 31.4 Å². The molecule has 0 amide bonds. The van der Waals surface area contributed by atoms with Crippen molar-refractivity contribution in [3.63, 3.8) is 0 Å². The fourth-order valence-electron chi connectivity index (χ4n) is 3.55. The molecule has 0 N–H and O–H groups in total. The van der Waals surface area contributed by atoms with Gasteiger partial charge in [0.25, 0.3) is 0 Å². The van der Waals surface area contributed by atoms with E-state index in [9.17, 15) is 13.2 Å². The van der Waals surface area contributed by atoms with Crippen LogP contribution in [0, 0.1) is 0 Å². The molecule has 4 nitrogen and oxygen atoms in total. The molecule has 1 aliphatic rings. The number of alkyl halides is 3. The predicted octanol–water partition coefficient (Wildman–Crippen LogP) is 5.26. The maximum absolute atomic E-state index is 14.6. The zero-order valence-electron chi connectivity index (χ0n) is 16.6. The van der Waals surface area contributed by atoms with Crippen LogP contribution >= 0.6 is 0 Å². The smallest absolute Gasteiger partial charge is 0.424 e. The van der Waals surface area contributed by atoms with E-state index < -0.39 is 23.7 Å². The third-order valence-corrected chi connectivity index (χ3v) is 4.77. The molecule has 0 radical (unpaired) electrons. The molecule has 7 heteroatoms. The Morgan fingerprint density at radius 3 is 1.97 bits per heavy atom.